The van der Waals surface area contributed by atoms with Crippen LogP contribution in [0.25, 0.3) is 0 Å². The molecule has 0 spiro atoms. The van der Waals surface area contributed by atoms with Crippen molar-refractivity contribution in [1.29, 1.82) is 0 Å². The summed E-state index contributed by atoms with van der Waals surface area (Å²) in [6.07, 6.45) is 2.33. The fourth-order valence-corrected chi connectivity index (χ4v) is 2.29. The van der Waals surface area contributed by atoms with Gasteiger partial charge in [0.2, 0.25) is 0 Å². The summed E-state index contributed by atoms with van der Waals surface area (Å²) in [5.74, 6) is 0.941. The van der Waals surface area contributed by atoms with E-state index >= 15 is 0 Å². The Kier molecular flexibility index (Phi) is 10.1. The average molecular weight is 286 g/mol. The molecule has 0 atom stereocenters. The normalized spacial score (nSPS) is 11.2. The number of carbonyl (C=O) groups excluding carboxylic acids is 2. The van der Waals surface area contributed by atoms with Gasteiger partial charge in [-0.05, 0) is 37.5 Å². The summed E-state index contributed by atoms with van der Waals surface area (Å²) < 4.78 is 10.1. The van der Waals surface area contributed by atoms with E-state index < -0.39 is 0 Å². The number of ether oxygens (including phenoxy) is 2. The Morgan fingerprint density at radius 3 is 1.70 bits per heavy atom. The summed E-state index contributed by atoms with van der Waals surface area (Å²) >= 11 is 0. The standard InChI is InChI=1S/C16H30O4/c1-6-19-15(17)7-8-16(18)20-11-14(9-12(2)3)10-13(4)5/h12-14H,6-11H2,1-5H3. The van der Waals surface area contributed by atoms with Crippen LogP contribution >= 0.6 is 0 Å². The third-order valence-electron chi connectivity index (χ3n) is 2.93. The molecular formula is C16H30O4. The van der Waals surface area contributed by atoms with Gasteiger partial charge < -0.3 is 9.47 Å². The third-order valence-corrected chi connectivity index (χ3v) is 2.93. The zero-order chi connectivity index (χ0) is 15.5. The molecular weight excluding hydrogens is 256 g/mol. The zero-order valence-electron chi connectivity index (χ0n) is 13.6. The average Bonchev–Trinajstić information content (AvgIpc) is 2.32. The van der Waals surface area contributed by atoms with E-state index in [2.05, 4.69) is 27.7 Å². The Hall–Kier alpha value is -1.06. The molecule has 0 aromatic heterocycles. The van der Waals surface area contributed by atoms with Gasteiger partial charge in [0.1, 0.15) is 0 Å². The van der Waals surface area contributed by atoms with Crippen molar-refractivity contribution in [3.63, 3.8) is 0 Å². The van der Waals surface area contributed by atoms with Gasteiger partial charge in [-0.25, -0.2) is 0 Å². The molecule has 0 heterocycles. The van der Waals surface area contributed by atoms with Crippen LogP contribution in [0, 0.1) is 17.8 Å². The summed E-state index contributed by atoms with van der Waals surface area (Å²) in [5, 5.41) is 0. The minimum absolute atomic E-state index is 0.103. The van der Waals surface area contributed by atoms with Crippen LogP contribution in [0.2, 0.25) is 0 Å². The number of rotatable bonds is 10. The van der Waals surface area contributed by atoms with Crippen LogP contribution in [-0.2, 0) is 19.1 Å². The molecule has 0 aromatic rings. The van der Waals surface area contributed by atoms with E-state index in [1.165, 1.54) is 0 Å². The molecule has 0 rings (SSSR count). The van der Waals surface area contributed by atoms with Crippen LogP contribution in [0.4, 0.5) is 0 Å². The lowest BCUT2D eigenvalue weighted by Gasteiger charge is -2.20. The third kappa shape index (κ3) is 10.8. The molecule has 0 saturated carbocycles. The minimum Gasteiger partial charge on any atom is -0.466 e. The van der Waals surface area contributed by atoms with Gasteiger partial charge in [-0.15, -0.1) is 0 Å². The molecule has 20 heavy (non-hydrogen) atoms. The SMILES string of the molecule is CCOC(=O)CCC(=O)OCC(CC(C)C)CC(C)C. The number of hydrogen-bond donors (Lipinski definition) is 0. The first kappa shape index (κ1) is 18.9. The largest absolute Gasteiger partial charge is 0.466 e. The number of carbonyl (C=O) groups is 2. The lowest BCUT2D eigenvalue weighted by atomic mass is 9.90. The monoisotopic (exact) mass is 286 g/mol. The summed E-state index contributed by atoms with van der Waals surface area (Å²) in [6.45, 7) is 11.3. The van der Waals surface area contributed by atoms with Gasteiger partial charge in [-0.2, -0.15) is 0 Å². The highest BCUT2D eigenvalue weighted by Crippen LogP contribution is 2.20. The fraction of sp³-hybridized carbons (Fsp3) is 0.875. The molecule has 0 aliphatic carbocycles. The summed E-state index contributed by atoms with van der Waals surface area (Å²) in [7, 11) is 0. The van der Waals surface area contributed by atoms with Gasteiger partial charge in [-0.3, -0.25) is 9.59 Å². The van der Waals surface area contributed by atoms with Gasteiger partial charge in [0.25, 0.3) is 0 Å². The smallest absolute Gasteiger partial charge is 0.306 e. The van der Waals surface area contributed by atoms with E-state index in [9.17, 15) is 9.59 Å². The molecule has 0 aromatic carbocycles. The number of hydrogen-bond acceptors (Lipinski definition) is 4. The van der Waals surface area contributed by atoms with E-state index in [-0.39, 0.29) is 24.8 Å². The van der Waals surface area contributed by atoms with E-state index in [0.29, 0.717) is 31.0 Å². The zero-order valence-corrected chi connectivity index (χ0v) is 13.6. The van der Waals surface area contributed by atoms with Crippen LogP contribution in [0.15, 0.2) is 0 Å². The highest BCUT2D eigenvalue weighted by atomic mass is 16.5. The van der Waals surface area contributed by atoms with Gasteiger partial charge in [-0.1, -0.05) is 27.7 Å². The molecule has 0 amide bonds. The van der Waals surface area contributed by atoms with E-state index in [4.69, 9.17) is 9.47 Å². The molecule has 0 unspecified atom stereocenters. The maximum Gasteiger partial charge on any atom is 0.306 e. The van der Waals surface area contributed by atoms with Crippen molar-refractivity contribution in [1.82, 2.24) is 0 Å². The van der Waals surface area contributed by atoms with Crippen molar-refractivity contribution in [3.05, 3.63) is 0 Å². The van der Waals surface area contributed by atoms with Gasteiger partial charge in [0.05, 0.1) is 26.1 Å². The second kappa shape index (κ2) is 10.7. The molecule has 4 nitrogen and oxygen atoms in total. The first-order chi connectivity index (χ1) is 9.35. The molecule has 0 bridgehead atoms. The number of esters is 2. The van der Waals surface area contributed by atoms with E-state index in [0.717, 1.165) is 12.8 Å². The first-order valence-corrected chi connectivity index (χ1v) is 7.66. The van der Waals surface area contributed by atoms with Crippen LogP contribution < -0.4 is 0 Å². The highest BCUT2D eigenvalue weighted by molar-refractivity contribution is 5.77. The van der Waals surface area contributed by atoms with Crippen LogP contribution in [0.1, 0.15) is 60.3 Å². The fourth-order valence-electron chi connectivity index (χ4n) is 2.29. The molecule has 0 radical (unpaired) electrons. The van der Waals surface area contributed by atoms with Crippen LogP contribution in [-0.4, -0.2) is 25.2 Å². The Labute approximate surface area is 123 Å². The highest BCUT2D eigenvalue weighted by Gasteiger charge is 2.16. The lowest BCUT2D eigenvalue weighted by molar-refractivity contribution is -0.151. The second-order valence-corrected chi connectivity index (χ2v) is 6.11. The molecule has 118 valence electrons. The van der Waals surface area contributed by atoms with E-state index in [1.54, 1.807) is 6.92 Å². The first-order valence-electron chi connectivity index (χ1n) is 7.66. The van der Waals surface area contributed by atoms with Crippen molar-refractivity contribution < 1.29 is 19.1 Å². The summed E-state index contributed by atoms with van der Waals surface area (Å²) in [6, 6.07) is 0. The van der Waals surface area contributed by atoms with Gasteiger partial charge in [0, 0.05) is 0 Å². The molecule has 0 N–H and O–H groups in total. The van der Waals surface area contributed by atoms with Crippen molar-refractivity contribution in [2.24, 2.45) is 17.8 Å². The predicted octanol–water partition coefficient (Wildman–Crippen LogP) is 3.58. The Balaban J connectivity index is 4.00. The summed E-state index contributed by atoms with van der Waals surface area (Å²) in [4.78, 5) is 22.7. The van der Waals surface area contributed by atoms with Crippen molar-refractivity contribution in [2.45, 2.75) is 60.3 Å². The molecule has 4 heteroatoms. The maximum absolute atomic E-state index is 11.6. The topological polar surface area (TPSA) is 52.6 Å². The van der Waals surface area contributed by atoms with Crippen molar-refractivity contribution >= 4 is 11.9 Å². The van der Waals surface area contributed by atoms with Gasteiger partial charge >= 0.3 is 11.9 Å². The maximum atomic E-state index is 11.6. The van der Waals surface area contributed by atoms with Crippen LogP contribution in [0.3, 0.4) is 0 Å². The Morgan fingerprint density at radius 1 is 0.850 bits per heavy atom. The molecule has 0 saturated heterocycles. The molecule has 0 aliphatic rings. The van der Waals surface area contributed by atoms with Crippen molar-refractivity contribution in [2.75, 3.05) is 13.2 Å². The van der Waals surface area contributed by atoms with Crippen molar-refractivity contribution in [3.8, 4) is 0 Å². The van der Waals surface area contributed by atoms with E-state index in [1.807, 2.05) is 0 Å². The van der Waals surface area contributed by atoms with Gasteiger partial charge in [0.15, 0.2) is 0 Å². The minimum atomic E-state index is -0.342. The quantitative estimate of drug-likeness (QED) is 0.576. The Morgan fingerprint density at radius 2 is 1.30 bits per heavy atom. The lowest BCUT2D eigenvalue weighted by Crippen LogP contribution is -2.18. The predicted molar refractivity (Wildman–Crippen MR) is 79.2 cm³/mol. The molecule has 0 fully saturated rings. The second-order valence-electron chi connectivity index (χ2n) is 6.11. The summed E-state index contributed by atoms with van der Waals surface area (Å²) in [5.41, 5.74) is 0. The van der Waals surface area contributed by atoms with Crippen LogP contribution in [0.5, 0.6) is 0 Å². The Bertz CT molecular complexity index is 274. The molecule has 0 aliphatic heterocycles.